The second kappa shape index (κ2) is 6.53. The average Bonchev–Trinajstić information content (AvgIpc) is 3.20. The monoisotopic (exact) mass is 343 g/mol. The molecule has 8 nitrogen and oxygen atoms in total. The highest BCUT2D eigenvalue weighted by atomic mass is 16.5. The van der Waals surface area contributed by atoms with Gasteiger partial charge in [-0.15, -0.1) is 5.10 Å². The summed E-state index contributed by atoms with van der Waals surface area (Å²) < 4.78 is 7.19. The molecule has 0 unspecified atom stereocenters. The van der Waals surface area contributed by atoms with Crippen molar-refractivity contribution in [3.05, 3.63) is 42.2 Å². The van der Waals surface area contributed by atoms with Crippen LogP contribution in [0, 0.1) is 5.92 Å². The molecule has 0 radical (unpaired) electrons. The topological polar surface area (TPSA) is 93.4 Å². The minimum Gasteiger partial charge on any atom is -0.459 e. The number of carbonyl (C=O) groups excluding carboxylic acids is 1. The van der Waals surface area contributed by atoms with Gasteiger partial charge in [-0.3, -0.25) is 4.90 Å². The lowest BCUT2D eigenvalue weighted by Crippen LogP contribution is -2.55. The largest absolute Gasteiger partial charge is 0.459 e. The maximum absolute atomic E-state index is 13.2. The van der Waals surface area contributed by atoms with Crippen LogP contribution in [0.1, 0.15) is 18.4 Å². The third-order valence-electron chi connectivity index (χ3n) is 5.41. The quantitative estimate of drug-likeness (QED) is 0.767. The van der Waals surface area contributed by atoms with E-state index in [0.29, 0.717) is 11.5 Å². The van der Waals surface area contributed by atoms with Crippen LogP contribution < -0.4 is 0 Å². The van der Waals surface area contributed by atoms with Crippen LogP contribution in [0.5, 0.6) is 0 Å². The van der Waals surface area contributed by atoms with Gasteiger partial charge >= 0.3 is 5.97 Å². The fraction of sp³-hybridized carbons (Fsp3) is 0.529. The predicted octanol–water partition coefficient (Wildman–Crippen LogP) is 0.0464. The van der Waals surface area contributed by atoms with Gasteiger partial charge in [-0.25, -0.2) is 9.48 Å². The molecular formula is C17H21N5O3. The van der Waals surface area contributed by atoms with Crippen molar-refractivity contribution >= 4 is 5.97 Å². The maximum atomic E-state index is 13.2. The lowest BCUT2D eigenvalue weighted by atomic mass is 9.85. The van der Waals surface area contributed by atoms with E-state index in [4.69, 9.17) is 4.74 Å². The number of aromatic nitrogens is 4. The van der Waals surface area contributed by atoms with Gasteiger partial charge in [0, 0.05) is 6.54 Å². The first-order chi connectivity index (χ1) is 12.2. The Kier molecular flexibility index (Phi) is 4.22. The maximum Gasteiger partial charge on any atom is 0.341 e. The van der Waals surface area contributed by atoms with Crippen molar-refractivity contribution in [1.29, 1.82) is 0 Å². The molecule has 1 aromatic carbocycles. The van der Waals surface area contributed by atoms with Gasteiger partial charge in [0.2, 0.25) is 5.54 Å². The van der Waals surface area contributed by atoms with Crippen molar-refractivity contribution in [3.8, 4) is 0 Å². The van der Waals surface area contributed by atoms with Crippen LogP contribution in [0.3, 0.4) is 0 Å². The Bertz CT molecular complexity index is 715. The smallest absolute Gasteiger partial charge is 0.341 e. The number of ether oxygens (including phenoxy) is 1. The summed E-state index contributed by atoms with van der Waals surface area (Å²) in [7, 11) is 0. The van der Waals surface area contributed by atoms with E-state index in [1.165, 1.54) is 11.0 Å². The van der Waals surface area contributed by atoms with Crippen molar-refractivity contribution in [1.82, 2.24) is 25.1 Å². The summed E-state index contributed by atoms with van der Waals surface area (Å²) in [6, 6.07) is 9.02. The lowest BCUT2D eigenvalue weighted by molar-refractivity contribution is -0.170. The van der Waals surface area contributed by atoms with Crippen LogP contribution in [0.4, 0.5) is 0 Å². The average molecular weight is 343 g/mol. The standard InChI is InChI=1S/C17H21N5O3/c23-11-17(22-12-18-19-20-22,14-4-2-1-3-5-14)16(24)25-15-10-21-8-6-13(15)7-9-21/h1-5,12-13,15,23H,6-11H2/t15-,17+/m0/s1. The molecule has 2 bridgehead atoms. The minimum absolute atomic E-state index is 0.152. The van der Waals surface area contributed by atoms with Gasteiger partial charge in [0.05, 0.1) is 6.61 Å². The van der Waals surface area contributed by atoms with Crippen LogP contribution >= 0.6 is 0 Å². The number of rotatable bonds is 5. The van der Waals surface area contributed by atoms with Gasteiger partial charge in [-0.1, -0.05) is 30.3 Å². The van der Waals surface area contributed by atoms with Crippen LogP contribution in [-0.4, -0.2) is 68.5 Å². The summed E-state index contributed by atoms with van der Waals surface area (Å²) >= 11 is 0. The molecule has 8 heteroatoms. The number of hydrogen-bond donors (Lipinski definition) is 1. The normalized spacial score (nSPS) is 27.6. The zero-order valence-electron chi connectivity index (χ0n) is 13.9. The highest BCUT2D eigenvalue weighted by Crippen LogP contribution is 2.33. The molecule has 3 aliphatic rings. The Balaban J connectivity index is 1.67. The Morgan fingerprint density at radius 1 is 1.28 bits per heavy atom. The van der Waals surface area contributed by atoms with E-state index in [9.17, 15) is 9.90 Å². The zero-order chi connectivity index (χ0) is 17.3. The molecule has 2 atom stereocenters. The Morgan fingerprint density at radius 3 is 2.60 bits per heavy atom. The number of nitrogens with zero attached hydrogens (tertiary/aromatic N) is 5. The number of benzene rings is 1. The summed E-state index contributed by atoms with van der Waals surface area (Å²) in [5.74, 6) is -0.137. The highest BCUT2D eigenvalue weighted by molar-refractivity contribution is 5.83. The summed E-state index contributed by atoms with van der Waals surface area (Å²) in [6.45, 7) is 2.40. The third kappa shape index (κ3) is 2.71. The van der Waals surface area contributed by atoms with Crippen molar-refractivity contribution < 1.29 is 14.6 Å². The van der Waals surface area contributed by atoms with Crippen LogP contribution in [0.2, 0.25) is 0 Å². The molecule has 1 N–H and O–H groups in total. The molecule has 0 saturated carbocycles. The van der Waals surface area contributed by atoms with Gasteiger partial charge in [-0.2, -0.15) is 0 Å². The van der Waals surface area contributed by atoms with Crippen molar-refractivity contribution in [2.75, 3.05) is 26.2 Å². The molecule has 0 aliphatic carbocycles. The second-order valence-electron chi connectivity index (χ2n) is 6.72. The third-order valence-corrected chi connectivity index (χ3v) is 5.41. The Labute approximate surface area is 145 Å². The first-order valence-electron chi connectivity index (χ1n) is 8.57. The van der Waals surface area contributed by atoms with Gasteiger partial charge < -0.3 is 9.84 Å². The first kappa shape index (κ1) is 16.2. The summed E-state index contributed by atoms with van der Waals surface area (Å²) in [5.41, 5.74) is -0.882. The van der Waals surface area contributed by atoms with Crippen molar-refractivity contribution in [2.45, 2.75) is 24.5 Å². The predicted molar refractivity (Wildman–Crippen MR) is 87.5 cm³/mol. The summed E-state index contributed by atoms with van der Waals surface area (Å²) in [4.78, 5) is 15.5. The molecule has 0 spiro atoms. The zero-order valence-corrected chi connectivity index (χ0v) is 13.9. The molecule has 25 heavy (non-hydrogen) atoms. The van der Waals surface area contributed by atoms with E-state index in [-0.39, 0.29) is 6.10 Å². The molecule has 4 heterocycles. The number of hydrogen-bond acceptors (Lipinski definition) is 7. The summed E-state index contributed by atoms with van der Waals surface area (Å²) in [6.07, 6.45) is 3.27. The molecule has 3 fully saturated rings. The fourth-order valence-electron chi connectivity index (χ4n) is 3.90. The van der Waals surface area contributed by atoms with Crippen molar-refractivity contribution in [3.63, 3.8) is 0 Å². The fourth-order valence-corrected chi connectivity index (χ4v) is 3.90. The van der Waals surface area contributed by atoms with Crippen LogP contribution in [0.25, 0.3) is 0 Å². The molecule has 1 aromatic heterocycles. The summed E-state index contributed by atoms with van der Waals surface area (Å²) in [5, 5.41) is 21.4. The molecule has 0 amide bonds. The number of tetrazole rings is 1. The molecule has 132 valence electrons. The van der Waals surface area contributed by atoms with E-state index in [0.717, 1.165) is 32.5 Å². The van der Waals surface area contributed by atoms with Crippen LogP contribution in [-0.2, 0) is 15.1 Å². The number of esters is 1. The molecule has 3 saturated heterocycles. The number of fused-ring (bicyclic) bond motifs is 3. The molecule has 2 aromatic rings. The van der Waals surface area contributed by atoms with E-state index in [1.807, 2.05) is 18.2 Å². The van der Waals surface area contributed by atoms with Crippen LogP contribution in [0.15, 0.2) is 36.7 Å². The number of aliphatic hydroxyl groups excluding tert-OH is 1. The number of aliphatic hydroxyl groups is 1. The van der Waals surface area contributed by atoms with E-state index >= 15 is 0 Å². The second-order valence-corrected chi connectivity index (χ2v) is 6.72. The molecule has 5 rings (SSSR count). The lowest BCUT2D eigenvalue weighted by Gasteiger charge is -2.45. The number of carbonyl (C=O) groups is 1. The van der Waals surface area contributed by atoms with Gasteiger partial charge in [-0.05, 0) is 47.8 Å². The first-order valence-corrected chi connectivity index (χ1v) is 8.57. The van der Waals surface area contributed by atoms with E-state index in [2.05, 4.69) is 20.4 Å². The van der Waals surface area contributed by atoms with E-state index < -0.39 is 18.1 Å². The number of piperidine rings is 3. The molecule has 3 aliphatic heterocycles. The van der Waals surface area contributed by atoms with Crippen molar-refractivity contribution in [2.24, 2.45) is 5.92 Å². The van der Waals surface area contributed by atoms with Gasteiger partial charge in [0.25, 0.3) is 0 Å². The Hall–Kier alpha value is -2.32. The minimum atomic E-state index is -1.48. The van der Waals surface area contributed by atoms with Gasteiger partial charge in [0.1, 0.15) is 12.4 Å². The Morgan fingerprint density at radius 2 is 2.04 bits per heavy atom. The van der Waals surface area contributed by atoms with E-state index in [1.54, 1.807) is 12.1 Å². The van der Waals surface area contributed by atoms with Gasteiger partial charge in [0.15, 0.2) is 0 Å². The SMILES string of the molecule is O=C(O[C@H]1CN2CCC1CC2)[C@@](CO)(c1ccccc1)n1cnnn1. The highest BCUT2D eigenvalue weighted by Gasteiger charge is 2.47. The molecular weight excluding hydrogens is 322 g/mol.